The average Bonchev–Trinajstić information content (AvgIpc) is 2.27. The van der Waals surface area contributed by atoms with Crippen molar-refractivity contribution in [3.63, 3.8) is 0 Å². The Morgan fingerprint density at radius 3 is 2.00 bits per heavy atom. The maximum atomic E-state index is 12.3. The molecular weight excluding hydrogens is 238 g/mol. The van der Waals surface area contributed by atoms with Gasteiger partial charge < -0.3 is 0 Å². The van der Waals surface area contributed by atoms with E-state index in [1.807, 2.05) is 45.0 Å². The van der Waals surface area contributed by atoms with Crippen molar-refractivity contribution in [2.24, 2.45) is 0 Å². The van der Waals surface area contributed by atoms with Gasteiger partial charge in [0.05, 0.1) is 31.8 Å². The van der Waals surface area contributed by atoms with Gasteiger partial charge in [0, 0.05) is 5.56 Å². The highest BCUT2D eigenvalue weighted by Crippen LogP contribution is 2.17. The molecule has 0 spiro atoms. The summed E-state index contributed by atoms with van der Waals surface area (Å²) in [5.41, 5.74) is 3.71. The number of aryl methyl sites for hydroxylation is 3. The topological polar surface area (TPSA) is 67.9 Å². The van der Waals surface area contributed by atoms with E-state index >= 15 is 0 Å². The lowest BCUT2D eigenvalue weighted by Crippen LogP contribution is -2.31. The summed E-state index contributed by atoms with van der Waals surface area (Å²) in [7, 11) is 0. The van der Waals surface area contributed by atoms with Crippen molar-refractivity contribution >= 4 is 5.78 Å². The lowest BCUT2D eigenvalue weighted by Gasteiger charge is -2.16. The predicted molar refractivity (Wildman–Crippen MR) is 72.6 cm³/mol. The standard InChI is InChI=1S/C15H17N3O/c1-11-8-12(2)15(13(3)9-11)14(19)10-18(6-4-16)7-5-17/h8-9H,6-7,10H2,1-3H3. The van der Waals surface area contributed by atoms with Crippen molar-refractivity contribution in [3.05, 3.63) is 34.4 Å². The molecule has 0 saturated heterocycles. The summed E-state index contributed by atoms with van der Waals surface area (Å²) in [6.07, 6.45) is 0. The summed E-state index contributed by atoms with van der Waals surface area (Å²) < 4.78 is 0. The van der Waals surface area contributed by atoms with Gasteiger partial charge in [-0.3, -0.25) is 9.69 Å². The summed E-state index contributed by atoms with van der Waals surface area (Å²) >= 11 is 0. The van der Waals surface area contributed by atoms with Gasteiger partial charge in [-0.15, -0.1) is 0 Å². The third kappa shape index (κ3) is 3.91. The number of nitriles is 2. The van der Waals surface area contributed by atoms with Crippen molar-refractivity contribution in [1.82, 2.24) is 4.90 Å². The predicted octanol–water partition coefficient (Wildman–Crippen LogP) is 2.14. The van der Waals surface area contributed by atoms with Crippen LogP contribution in [-0.2, 0) is 0 Å². The van der Waals surface area contributed by atoms with Crippen LogP contribution in [0.25, 0.3) is 0 Å². The fourth-order valence-corrected chi connectivity index (χ4v) is 2.27. The third-order valence-corrected chi connectivity index (χ3v) is 2.91. The van der Waals surface area contributed by atoms with E-state index in [9.17, 15) is 4.79 Å². The molecule has 1 rings (SSSR count). The molecular formula is C15H17N3O. The van der Waals surface area contributed by atoms with Crippen molar-refractivity contribution in [2.45, 2.75) is 20.8 Å². The highest BCUT2D eigenvalue weighted by molar-refractivity contribution is 6.00. The summed E-state index contributed by atoms with van der Waals surface area (Å²) in [4.78, 5) is 13.8. The Bertz CT molecular complexity index is 525. The number of rotatable bonds is 5. The van der Waals surface area contributed by atoms with Crippen LogP contribution in [0.15, 0.2) is 12.1 Å². The van der Waals surface area contributed by atoms with Gasteiger partial charge in [0.1, 0.15) is 0 Å². The first kappa shape index (κ1) is 14.9. The van der Waals surface area contributed by atoms with Crippen LogP contribution < -0.4 is 0 Å². The molecule has 0 unspecified atom stereocenters. The first-order valence-electron chi connectivity index (χ1n) is 6.07. The Balaban J connectivity index is 2.95. The van der Waals surface area contributed by atoms with Crippen LogP contribution in [-0.4, -0.2) is 30.3 Å². The molecule has 0 N–H and O–H groups in total. The fraction of sp³-hybridized carbons (Fsp3) is 0.400. The molecule has 0 saturated carbocycles. The maximum absolute atomic E-state index is 12.3. The van der Waals surface area contributed by atoms with Crippen LogP contribution in [0, 0.1) is 43.4 Å². The van der Waals surface area contributed by atoms with Crippen molar-refractivity contribution in [3.8, 4) is 12.1 Å². The molecule has 1 aromatic carbocycles. The number of carbonyl (C=O) groups is 1. The second-order valence-corrected chi connectivity index (χ2v) is 4.66. The number of ketones is 1. The van der Waals surface area contributed by atoms with E-state index in [1.54, 1.807) is 4.90 Å². The first-order chi connectivity index (χ1) is 8.99. The zero-order valence-electron chi connectivity index (χ0n) is 11.5. The molecule has 4 nitrogen and oxygen atoms in total. The summed E-state index contributed by atoms with van der Waals surface area (Å²) in [6, 6.07) is 7.88. The molecule has 0 amide bonds. The minimum Gasteiger partial charge on any atom is -0.293 e. The molecule has 0 fully saturated rings. The molecule has 4 heteroatoms. The first-order valence-corrected chi connectivity index (χ1v) is 6.07. The molecule has 0 aliphatic rings. The van der Waals surface area contributed by atoms with Gasteiger partial charge in [0.25, 0.3) is 0 Å². The number of hydrogen-bond donors (Lipinski definition) is 0. The van der Waals surface area contributed by atoms with Crippen LogP contribution in [0.3, 0.4) is 0 Å². The Hall–Kier alpha value is -2.17. The number of nitrogens with zero attached hydrogens (tertiary/aromatic N) is 3. The molecule has 19 heavy (non-hydrogen) atoms. The molecule has 0 aliphatic carbocycles. The fourth-order valence-electron chi connectivity index (χ4n) is 2.27. The third-order valence-electron chi connectivity index (χ3n) is 2.91. The normalized spacial score (nSPS) is 10.0. The van der Waals surface area contributed by atoms with Gasteiger partial charge in [0.2, 0.25) is 0 Å². The largest absolute Gasteiger partial charge is 0.293 e. The number of benzene rings is 1. The molecule has 0 bridgehead atoms. The highest BCUT2D eigenvalue weighted by atomic mass is 16.1. The lowest BCUT2D eigenvalue weighted by molar-refractivity contribution is 0.0945. The maximum Gasteiger partial charge on any atom is 0.177 e. The van der Waals surface area contributed by atoms with E-state index in [2.05, 4.69) is 0 Å². The van der Waals surface area contributed by atoms with E-state index in [4.69, 9.17) is 10.5 Å². The van der Waals surface area contributed by atoms with Gasteiger partial charge in [-0.1, -0.05) is 17.7 Å². The van der Waals surface area contributed by atoms with E-state index in [0.29, 0.717) is 5.56 Å². The Labute approximate surface area is 113 Å². The van der Waals surface area contributed by atoms with Gasteiger partial charge in [-0.25, -0.2) is 0 Å². The summed E-state index contributed by atoms with van der Waals surface area (Å²) in [5.74, 6) is -0.0412. The number of carbonyl (C=O) groups excluding carboxylic acids is 1. The van der Waals surface area contributed by atoms with E-state index < -0.39 is 0 Å². The van der Waals surface area contributed by atoms with Crippen LogP contribution in [0.4, 0.5) is 0 Å². The Morgan fingerprint density at radius 1 is 1.11 bits per heavy atom. The highest BCUT2D eigenvalue weighted by Gasteiger charge is 2.16. The van der Waals surface area contributed by atoms with Crippen molar-refractivity contribution in [1.29, 1.82) is 10.5 Å². The van der Waals surface area contributed by atoms with E-state index in [-0.39, 0.29) is 25.4 Å². The quantitative estimate of drug-likeness (QED) is 0.597. The minimum atomic E-state index is -0.0412. The smallest absolute Gasteiger partial charge is 0.177 e. The second kappa shape index (κ2) is 6.68. The zero-order valence-corrected chi connectivity index (χ0v) is 11.5. The van der Waals surface area contributed by atoms with Gasteiger partial charge in [0.15, 0.2) is 5.78 Å². The molecule has 0 heterocycles. The van der Waals surface area contributed by atoms with Crippen LogP contribution in [0.5, 0.6) is 0 Å². The van der Waals surface area contributed by atoms with Crippen molar-refractivity contribution in [2.75, 3.05) is 19.6 Å². The van der Waals surface area contributed by atoms with Gasteiger partial charge >= 0.3 is 0 Å². The summed E-state index contributed by atoms with van der Waals surface area (Å²) in [6.45, 7) is 6.09. The van der Waals surface area contributed by atoms with E-state index in [1.165, 1.54) is 0 Å². The van der Waals surface area contributed by atoms with Gasteiger partial charge in [-0.05, 0) is 31.9 Å². The second-order valence-electron chi connectivity index (χ2n) is 4.66. The minimum absolute atomic E-state index is 0.0412. The monoisotopic (exact) mass is 255 g/mol. The number of hydrogen-bond acceptors (Lipinski definition) is 4. The van der Waals surface area contributed by atoms with Crippen LogP contribution in [0.2, 0.25) is 0 Å². The van der Waals surface area contributed by atoms with Crippen molar-refractivity contribution < 1.29 is 4.79 Å². The molecule has 98 valence electrons. The average molecular weight is 255 g/mol. The van der Waals surface area contributed by atoms with Crippen LogP contribution in [0.1, 0.15) is 27.0 Å². The molecule has 0 aliphatic heterocycles. The van der Waals surface area contributed by atoms with Gasteiger partial charge in [-0.2, -0.15) is 10.5 Å². The number of Topliss-reactive ketones (excluding diaryl/α,β-unsaturated/α-hetero) is 1. The summed E-state index contributed by atoms with van der Waals surface area (Å²) in [5, 5.41) is 17.4. The molecule has 0 atom stereocenters. The van der Waals surface area contributed by atoms with E-state index in [0.717, 1.165) is 16.7 Å². The Kier molecular flexibility index (Phi) is 5.23. The molecule has 1 aromatic rings. The van der Waals surface area contributed by atoms with Crippen LogP contribution >= 0.6 is 0 Å². The lowest BCUT2D eigenvalue weighted by atomic mass is 9.96. The molecule has 0 aromatic heterocycles. The molecule has 0 radical (unpaired) electrons. The Morgan fingerprint density at radius 2 is 1.58 bits per heavy atom. The zero-order chi connectivity index (χ0) is 14.4. The SMILES string of the molecule is Cc1cc(C)c(C(=O)CN(CC#N)CC#N)c(C)c1.